The Kier molecular flexibility index (Phi) is 5.88. The number of halogens is 1. The summed E-state index contributed by atoms with van der Waals surface area (Å²) in [4.78, 5) is 34.0. The third-order valence-electron chi connectivity index (χ3n) is 5.96. The number of carbonyl (C=O) groups excluding carboxylic acids is 2. The molecule has 1 aromatic heterocycles. The number of hydrogen-bond acceptors (Lipinski definition) is 5. The van der Waals surface area contributed by atoms with Gasteiger partial charge in [-0.25, -0.2) is 0 Å². The number of anilines is 1. The van der Waals surface area contributed by atoms with Crippen LogP contribution >= 0.6 is 11.6 Å². The molecule has 0 aliphatic carbocycles. The zero-order chi connectivity index (χ0) is 22.8. The van der Waals surface area contributed by atoms with E-state index < -0.39 is 6.04 Å². The number of nitrogens with one attached hydrogen (secondary N) is 1. The number of aromatic nitrogens is 1. The summed E-state index contributed by atoms with van der Waals surface area (Å²) in [5.41, 5.74) is 2.32. The maximum Gasteiger partial charge on any atom is 0.249 e. The molecule has 8 heteroatoms. The van der Waals surface area contributed by atoms with Gasteiger partial charge < -0.3 is 19.9 Å². The molecule has 0 bridgehead atoms. The third kappa shape index (κ3) is 4.50. The molecule has 168 valence electrons. The fourth-order valence-corrected chi connectivity index (χ4v) is 4.38. The Balaban J connectivity index is 1.30. The Morgan fingerprint density at radius 1 is 1.00 bits per heavy atom. The van der Waals surface area contributed by atoms with Crippen LogP contribution in [0.25, 0.3) is 0 Å². The predicted octanol–water partition coefficient (Wildman–Crippen LogP) is 3.91. The second-order valence-corrected chi connectivity index (χ2v) is 8.54. The molecule has 1 fully saturated rings. The lowest BCUT2D eigenvalue weighted by atomic mass is 10.0. The number of rotatable bonds is 3. The Labute approximate surface area is 196 Å². The minimum absolute atomic E-state index is 0.0463. The summed E-state index contributed by atoms with van der Waals surface area (Å²) in [7, 11) is 0. The van der Waals surface area contributed by atoms with E-state index in [1.807, 2.05) is 41.3 Å². The average Bonchev–Trinajstić information content (AvgIpc) is 3.01. The predicted molar refractivity (Wildman–Crippen MR) is 125 cm³/mol. The third-order valence-corrected chi connectivity index (χ3v) is 6.20. The van der Waals surface area contributed by atoms with Crippen molar-refractivity contribution in [1.82, 2.24) is 14.8 Å². The van der Waals surface area contributed by atoms with Gasteiger partial charge in [-0.3, -0.25) is 14.6 Å². The quantitative estimate of drug-likeness (QED) is 0.638. The zero-order valence-corrected chi connectivity index (χ0v) is 18.7. The number of carbonyl (C=O) groups is 2. The summed E-state index contributed by atoms with van der Waals surface area (Å²) in [5, 5.41) is 3.89. The molecule has 0 spiro atoms. The van der Waals surface area contributed by atoms with Gasteiger partial charge >= 0.3 is 0 Å². The van der Waals surface area contributed by atoms with E-state index in [0.29, 0.717) is 54.8 Å². The molecule has 1 atom stereocenters. The summed E-state index contributed by atoms with van der Waals surface area (Å²) >= 11 is 6.19. The van der Waals surface area contributed by atoms with Gasteiger partial charge in [0.25, 0.3) is 0 Å². The summed E-state index contributed by atoms with van der Waals surface area (Å²) in [6.45, 7) is 1.94. The average molecular weight is 463 g/mol. The minimum Gasteiger partial charge on any atom is -0.455 e. The molecule has 3 aromatic rings. The zero-order valence-electron chi connectivity index (χ0n) is 17.9. The molecule has 2 aliphatic heterocycles. The van der Waals surface area contributed by atoms with Gasteiger partial charge in [0, 0.05) is 49.2 Å². The minimum atomic E-state index is -0.612. The molecule has 0 radical (unpaired) electrons. The highest BCUT2D eigenvalue weighted by atomic mass is 35.5. The van der Waals surface area contributed by atoms with E-state index in [9.17, 15) is 9.59 Å². The van der Waals surface area contributed by atoms with Crippen molar-refractivity contribution in [2.24, 2.45) is 0 Å². The van der Waals surface area contributed by atoms with E-state index in [2.05, 4.69) is 10.3 Å². The Morgan fingerprint density at radius 3 is 2.58 bits per heavy atom. The number of ether oxygens (including phenoxy) is 1. The number of para-hydroxylation sites is 1. The number of benzene rings is 2. The molecule has 2 amide bonds. The summed E-state index contributed by atoms with van der Waals surface area (Å²) in [5.74, 6) is 1.24. The number of amides is 2. The summed E-state index contributed by atoms with van der Waals surface area (Å²) < 4.78 is 6.08. The summed E-state index contributed by atoms with van der Waals surface area (Å²) in [6.07, 6.45) is 3.71. The van der Waals surface area contributed by atoms with Crippen molar-refractivity contribution in [3.8, 4) is 11.5 Å². The molecule has 1 saturated heterocycles. The second kappa shape index (κ2) is 9.11. The first-order valence-electron chi connectivity index (χ1n) is 10.9. The first kappa shape index (κ1) is 21.3. The van der Waals surface area contributed by atoms with Gasteiger partial charge in [0.2, 0.25) is 11.8 Å². The largest absolute Gasteiger partial charge is 0.455 e. The normalized spacial score (nSPS) is 17.2. The first-order chi connectivity index (χ1) is 16.1. The number of hydrogen-bond donors (Lipinski definition) is 1. The molecular weight excluding hydrogens is 440 g/mol. The van der Waals surface area contributed by atoms with Crippen molar-refractivity contribution in [1.29, 1.82) is 0 Å². The van der Waals surface area contributed by atoms with Crippen LogP contribution in [0.2, 0.25) is 5.02 Å². The molecule has 2 aromatic carbocycles. The highest BCUT2D eigenvalue weighted by Gasteiger charge is 2.33. The van der Waals surface area contributed by atoms with E-state index in [-0.39, 0.29) is 11.8 Å². The van der Waals surface area contributed by atoms with Crippen LogP contribution in [0, 0.1) is 0 Å². The van der Waals surface area contributed by atoms with E-state index in [1.165, 1.54) is 0 Å². The Morgan fingerprint density at radius 2 is 1.79 bits per heavy atom. The molecule has 1 N–H and O–H groups in total. The van der Waals surface area contributed by atoms with Crippen molar-refractivity contribution in [2.75, 3.05) is 31.5 Å². The molecule has 7 nitrogen and oxygen atoms in total. The highest BCUT2D eigenvalue weighted by Crippen LogP contribution is 2.41. The molecule has 3 heterocycles. The topological polar surface area (TPSA) is 74.8 Å². The van der Waals surface area contributed by atoms with Crippen molar-refractivity contribution in [3.05, 3.63) is 83.1 Å². The van der Waals surface area contributed by atoms with Gasteiger partial charge in [0.05, 0.1) is 12.1 Å². The maximum absolute atomic E-state index is 13.6. The molecule has 5 rings (SSSR count). The monoisotopic (exact) mass is 462 g/mol. The van der Waals surface area contributed by atoms with E-state index in [0.717, 1.165) is 11.1 Å². The van der Waals surface area contributed by atoms with Crippen LogP contribution in [0.3, 0.4) is 0 Å². The Hall–Kier alpha value is -3.58. The van der Waals surface area contributed by atoms with Crippen LogP contribution in [0.5, 0.6) is 11.5 Å². The van der Waals surface area contributed by atoms with Gasteiger partial charge in [0.15, 0.2) is 5.75 Å². The van der Waals surface area contributed by atoms with E-state index in [4.69, 9.17) is 16.3 Å². The van der Waals surface area contributed by atoms with Crippen LogP contribution in [0.4, 0.5) is 5.69 Å². The lowest BCUT2D eigenvalue weighted by molar-refractivity contribution is -0.139. The lowest BCUT2D eigenvalue weighted by Gasteiger charge is -2.36. The van der Waals surface area contributed by atoms with E-state index >= 15 is 0 Å². The molecule has 33 heavy (non-hydrogen) atoms. The summed E-state index contributed by atoms with van der Waals surface area (Å²) in [6, 6.07) is 15.9. The molecule has 1 unspecified atom stereocenters. The van der Waals surface area contributed by atoms with Crippen LogP contribution in [-0.4, -0.2) is 52.8 Å². The van der Waals surface area contributed by atoms with Crippen LogP contribution in [0.1, 0.15) is 17.2 Å². The fourth-order valence-electron chi connectivity index (χ4n) is 4.21. The van der Waals surface area contributed by atoms with Gasteiger partial charge in [-0.1, -0.05) is 35.9 Å². The van der Waals surface area contributed by atoms with Gasteiger partial charge in [-0.2, -0.15) is 0 Å². The Bertz CT molecular complexity index is 1180. The van der Waals surface area contributed by atoms with Crippen molar-refractivity contribution in [2.45, 2.75) is 12.5 Å². The first-order valence-corrected chi connectivity index (χ1v) is 11.2. The molecule has 0 saturated carbocycles. The molecule has 2 aliphatic rings. The smallest absolute Gasteiger partial charge is 0.249 e. The van der Waals surface area contributed by atoms with E-state index in [1.54, 1.807) is 35.5 Å². The highest BCUT2D eigenvalue weighted by molar-refractivity contribution is 6.31. The number of piperazine rings is 1. The number of pyridine rings is 1. The second-order valence-electron chi connectivity index (χ2n) is 8.10. The maximum atomic E-state index is 13.6. The van der Waals surface area contributed by atoms with Crippen molar-refractivity contribution >= 4 is 29.1 Å². The standard InChI is InChI=1S/C25H23ClN4O3/c26-18-7-8-22-20(15-18)28-24(19-5-1-2-6-21(19)33-22)25(32)30-12-10-29(11-13-30)23(31)14-17-4-3-9-27-16-17/h1-9,15-16,24,28H,10-14H2. The van der Waals surface area contributed by atoms with Gasteiger partial charge in [-0.15, -0.1) is 0 Å². The SMILES string of the molecule is O=C(Cc1cccnc1)N1CCN(C(=O)C2Nc3cc(Cl)ccc3Oc3ccccc32)CC1. The number of fused-ring (bicyclic) bond motifs is 2. The van der Waals surface area contributed by atoms with Crippen LogP contribution in [-0.2, 0) is 16.0 Å². The van der Waals surface area contributed by atoms with Crippen LogP contribution in [0.15, 0.2) is 67.0 Å². The van der Waals surface area contributed by atoms with Crippen molar-refractivity contribution in [3.63, 3.8) is 0 Å². The van der Waals surface area contributed by atoms with Crippen molar-refractivity contribution < 1.29 is 14.3 Å². The van der Waals surface area contributed by atoms with Gasteiger partial charge in [-0.05, 0) is 35.9 Å². The number of nitrogens with zero attached hydrogens (tertiary/aromatic N) is 3. The van der Waals surface area contributed by atoms with Gasteiger partial charge in [0.1, 0.15) is 11.8 Å². The fraction of sp³-hybridized carbons (Fsp3) is 0.240. The van der Waals surface area contributed by atoms with Crippen LogP contribution < -0.4 is 10.1 Å². The molecular formula is C25H23ClN4O3. The lowest BCUT2D eigenvalue weighted by Crippen LogP contribution is -2.52.